The third kappa shape index (κ3) is 3.72. The largest absolute Gasteiger partial charge is 0.497 e. The Morgan fingerprint density at radius 2 is 2.29 bits per heavy atom. The molecule has 1 aliphatic carbocycles. The van der Waals surface area contributed by atoms with E-state index in [1.54, 1.807) is 7.11 Å². The number of aliphatic hydroxyl groups excluding tert-OH is 1. The van der Waals surface area contributed by atoms with Crippen molar-refractivity contribution in [3.8, 4) is 5.75 Å². The Morgan fingerprint density at radius 1 is 1.41 bits per heavy atom. The molecule has 2 rings (SSSR count). The topological polar surface area (TPSA) is 41.5 Å². The Hall–Kier alpha value is -1.06. The lowest BCUT2D eigenvalue weighted by Crippen LogP contribution is -2.21. The lowest BCUT2D eigenvalue weighted by atomic mass is 10.1. The van der Waals surface area contributed by atoms with E-state index in [-0.39, 0.29) is 6.10 Å². The lowest BCUT2D eigenvalue weighted by molar-refractivity contribution is 0.177. The van der Waals surface area contributed by atoms with Crippen LogP contribution in [0.25, 0.3) is 0 Å². The van der Waals surface area contributed by atoms with Crippen LogP contribution in [0.5, 0.6) is 5.75 Å². The summed E-state index contributed by atoms with van der Waals surface area (Å²) in [6.45, 7) is 1.86. The molecule has 0 bridgehead atoms. The highest BCUT2D eigenvalue weighted by atomic mass is 16.5. The third-order valence-corrected chi connectivity index (χ3v) is 3.41. The maximum Gasteiger partial charge on any atom is 0.119 e. The third-order valence-electron chi connectivity index (χ3n) is 3.41. The fourth-order valence-corrected chi connectivity index (χ4v) is 2.44. The van der Waals surface area contributed by atoms with Gasteiger partial charge in [0, 0.05) is 6.54 Å². The van der Waals surface area contributed by atoms with Gasteiger partial charge in [0.15, 0.2) is 0 Å². The van der Waals surface area contributed by atoms with Crippen LogP contribution in [0.15, 0.2) is 24.3 Å². The van der Waals surface area contributed by atoms with Gasteiger partial charge in [0.05, 0.1) is 13.2 Å². The molecule has 3 nitrogen and oxygen atoms in total. The summed E-state index contributed by atoms with van der Waals surface area (Å²) in [5.74, 6) is 1.54. The first-order valence-corrected chi connectivity index (χ1v) is 6.29. The lowest BCUT2D eigenvalue weighted by Gasteiger charge is -2.11. The van der Waals surface area contributed by atoms with Gasteiger partial charge in [0.1, 0.15) is 5.75 Å². The SMILES string of the molecule is COc1cccc(CNCC2CCC(O)C2)c1. The van der Waals surface area contributed by atoms with Crippen LogP contribution in [0.1, 0.15) is 24.8 Å². The van der Waals surface area contributed by atoms with Crippen LogP contribution in [-0.2, 0) is 6.54 Å². The van der Waals surface area contributed by atoms with Gasteiger partial charge in [-0.15, -0.1) is 0 Å². The fraction of sp³-hybridized carbons (Fsp3) is 0.571. The maximum atomic E-state index is 9.44. The number of aliphatic hydroxyl groups is 1. The second-order valence-corrected chi connectivity index (χ2v) is 4.82. The van der Waals surface area contributed by atoms with Crippen molar-refractivity contribution >= 4 is 0 Å². The van der Waals surface area contributed by atoms with Gasteiger partial charge in [0.2, 0.25) is 0 Å². The Labute approximate surface area is 103 Å². The molecule has 2 unspecified atom stereocenters. The molecule has 1 aromatic carbocycles. The van der Waals surface area contributed by atoms with Crippen LogP contribution in [0.2, 0.25) is 0 Å². The highest BCUT2D eigenvalue weighted by Gasteiger charge is 2.21. The van der Waals surface area contributed by atoms with Gasteiger partial charge in [-0.2, -0.15) is 0 Å². The molecule has 2 atom stereocenters. The van der Waals surface area contributed by atoms with Gasteiger partial charge in [-0.05, 0) is 49.4 Å². The average molecular weight is 235 g/mol. The summed E-state index contributed by atoms with van der Waals surface area (Å²) in [6, 6.07) is 8.11. The smallest absolute Gasteiger partial charge is 0.119 e. The average Bonchev–Trinajstić information content (AvgIpc) is 2.75. The van der Waals surface area contributed by atoms with E-state index in [2.05, 4.69) is 17.4 Å². The summed E-state index contributed by atoms with van der Waals surface area (Å²) in [4.78, 5) is 0. The molecule has 0 saturated heterocycles. The molecular formula is C14H21NO2. The van der Waals surface area contributed by atoms with Crippen molar-refractivity contribution in [2.24, 2.45) is 5.92 Å². The van der Waals surface area contributed by atoms with Crippen LogP contribution in [0.4, 0.5) is 0 Å². The number of ether oxygens (including phenoxy) is 1. The second-order valence-electron chi connectivity index (χ2n) is 4.82. The fourth-order valence-electron chi connectivity index (χ4n) is 2.44. The van der Waals surface area contributed by atoms with Crippen molar-refractivity contribution in [1.29, 1.82) is 0 Å². The number of rotatable bonds is 5. The number of benzene rings is 1. The van der Waals surface area contributed by atoms with Crippen LogP contribution < -0.4 is 10.1 Å². The molecule has 0 radical (unpaired) electrons. The monoisotopic (exact) mass is 235 g/mol. The van der Waals surface area contributed by atoms with Crippen molar-refractivity contribution in [3.05, 3.63) is 29.8 Å². The Balaban J connectivity index is 1.74. The molecule has 1 aliphatic rings. The molecule has 17 heavy (non-hydrogen) atoms. The normalized spacial score (nSPS) is 23.9. The van der Waals surface area contributed by atoms with Gasteiger partial charge < -0.3 is 15.2 Å². The Morgan fingerprint density at radius 3 is 3.00 bits per heavy atom. The van der Waals surface area contributed by atoms with Gasteiger partial charge in [0.25, 0.3) is 0 Å². The van der Waals surface area contributed by atoms with Crippen LogP contribution in [0, 0.1) is 5.92 Å². The van der Waals surface area contributed by atoms with Gasteiger partial charge in [-0.3, -0.25) is 0 Å². The summed E-state index contributed by atoms with van der Waals surface area (Å²) >= 11 is 0. The zero-order valence-electron chi connectivity index (χ0n) is 10.4. The number of methoxy groups -OCH3 is 1. The minimum absolute atomic E-state index is 0.0707. The molecule has 0 amide bonds. The van der Waals surface area contributed by atoms with Crippen molar-refractivity contribution < 1.29 is 9.84 Å². The summed E-state index contributed by atoms with van der Waals surface area (Å²) in [7, 11) is 1.69. The van der Waals surface area contributed by atoms with Crippen LogP contribution in [-0.4, -0.2) is 24.9 Å². The van der Waals surface area contributed by atoms with Gasteiger partial charge in [-0.25, -0.2) is 0 Å². The number of nitrogens with one attached hydrogen (secondary N) is 1. The van der Waals surface area contributed by atoms with E-state index < -0.39 is 0 Å². The highest BCUT2D eigenvalue weighted by molar-refractivity contribution is 5.28. The molecule has 1 fully saturated rings. The van der Waals surface area contributed by atoms with E-state index in [1.807, 2.05) is 12.1 Å². The molecular weight excluding hydrogens is 214 g/mol. The summed E-state index contributed by atoms with van der Waals surface area (Å²) in [6.07, 6.45) is 2.99. The number of hydrogen-bond donors (Lipinski definition) is 2. The van der Waals surface area contributed by atoms with E-state index >= 15 is 0 Å². The molecule has 94 valence electrons. The van der Waals surface area contributed by atoms with E-state index in [0.717, 1.165) is 38.1 Å². The van der Waals surface area contributed by atoms with Crippen LogP contribution in [0.3, 0.4) is 0 Å². The van der Waals surface area contributed by atoms with Crippen molar-refractivity contribution in [1.82, 2.24) is 5.32 Å². The minimum Gasteiger partial charge on any atom is -0.497 e. The van der Waals surface area contributed by atoms with E-state index in [4.69, 9.17) is 4.74 Å². The predicted molar refractivity (Wildman–Crippen MR) is 68.0 cm³/mol. The molecule has 2 N–H and O–H groups in total. The first-order valence-electron chi connectivity index (χ1n) is 6.29. The zero-order valence-corrected chi connectivity index (χ0v) is 10.4. The molecule has 0 spiro atoms. The second kappa shape index (κ2) is 6.03. The zero-order chi connectivity index (χ0) is 12.1. The number of hydrogen-bond acceptors (Lipinski definition) is 3. The van der Waals surface area contributed by atoms with Gasteiger partial charge in [-0.1, -0.05) is 12.1 Å². The van der Waals surface area contributed by atoms with E-state index in [1.165, 1.54) is 5.56 Å². The van der Waals surface area contributed by atoms with Crippen molar-refractivity contribution in [2.45, 2.75) is 31.9 Å². The predicted octanol–water partition coefficient (Wildman–Crippen LogP) is 1.95. The highest BCUT2D eigenvalue weighted by Crippen LogP contribution is 2.24. The van der Waals surface area contributed by atoms with E-state index in [9.17, 15) is 5.11 Å². The first-order chi connectivity index (χ1) is 8.28. The standard InChI is InChI=1S/C14H21NO2/c1-17-14-4-2-3-11(8-14)9-15-10-12-5-6-13(16)7-12/h2-4,8,12-13,15-16H,5-7,9-10H2,1H3. The molecule has 3 heteroatoms. The Bertz CT molecular complexity index is 354. The molecule has 1 aromatic rings. The van der Waals surface area contributed by atoms with Crippen molar-refractivity contribution in [2.75, 3.05) is 13.7 Å². The van der Waals surface area contributed by atoms with Crippen LogP contribution >= 0.6 is 0 Å². The Kier molecular flexibility index (Phi) is 4.40. The molecule has 0 aliphatic heterocycles. The maximum absolute atomic E-state index is 9.44. The molecule has 1 saturated carbocycles. The molecule has 0 aromatic heterocycles. The summed E-state index contributed by atoms with van der Waals surface area (Å²) < 4.78 is 5.19. The van der Waals surface area contributed by atoms with Crippen molar-refractivity contribution in [3.63, 3.8) is 0 Å². The molecule has 0 heterocycles. The van der Waals surface area contributed by atoms with E-state index in [0.29, 0.717) is 5.92 Å². The minimum atomic E-state index is -0.0707. The summed E-state index contributed by atoms with van der Waals surface area (Å²) in [5.41, 5.74) is 1.24. The quantitative estimate of drug-likeness (QED) is 0.819. The van der Waals surface area contributed by atoms with Gasteiger partial charge >= 0.3 is 0 Å². The first kappa shape index (κ1) is 12.4. The summed E-state index contributed by atoms with van der Waals surface area (Å²) in [5, 5.41) is 12.9.